The van der Waals surface area contributed by atoms with E-state index in [-0.39, 0.29) is 0 Å². The van der Waals surface area contributed by atoms with Gasteiger partial charge >= 0.3 is 0 Å². The van der Waals surface area contributed by atoms with Crippen molar-refractivity contribution in [1.82, 2.24) is 0 Å². The van der Waals surface area contributed by atoms with E-state index in [1.807, 2.05) is 0 Å². The van der Waals surface area contributed by atoms with Gasteiger partial charge in [0.15, 0.2) is 0 Å². The molecule has 0 spiro atoms. The molecule has 0 aromatic heterocycles. The minimum absolute atomic E-state index is 0.500. The lowest BCUT2D eigenvalue weighted by molar-refractivity contribution is 0.743. The monoisotopic (exact) mass is 174 g/mol. The number of para-hydroxylation sites is 1. The number of hydrogen-bond acceptors (Lipinski definition) is 2. The molecular weight excluding hydrogens is 160 g/mol. The maximum Gasteiger partial charge on any atom is 0.0366 e. The van der Waals surface area contributed by atoms with E-state index in [0.717, 1.165) is 24.9 Å². The van der Waals surface area contributed by atoms with Gasteiger partial charge in [-0.25, -0.2) is 0 Å². The van der Waals surface area contributed by atoms with Crippen LogP contribution in [0.25, 0.3) is 0 Å². The van der Waals surface area contributed by atoms with Crippen molar-refractivity contribution >= 4 is 5.69 Å². The maximum atomic E-state index is 5.89. The summed E-state index contributed by atoms with van der Waals surface area (Å²) in [7, 11) is 0. The molecule has 1 aromatic rings. The molecule has 68 valence electrons. The van der Waals surface area contributed by atoms with E-state index in [2.05, 4.69) is 35.2 Å². The molecule has 1 aliphatic carbocycles. The molecule has 2 aliphatic rings. The molecule has 1 saturated heterocycles. The molecule has 1 aromatic carbocycles. The summed E-state index contributed by atoms with van der Waals surface area (Å²) in [4.78, 5) is 2.44. The van der Waals surface area contributed by atoms with E-state index in [1.165, 1.54) is 5.69 Å². The number of nitrogens with zero attached hydrogens (tertiary/aromatic N) is 1. The van der Waals surface area contributed by atoms with Gasteiger partial charge in [0.2, 0.25) is 0 Å². The number of rotatable bonds is 1. The Balaban J connectivity index is 1.76. The first-order valence-electron chi connectivity index (χ1n) is 4.92. The lowest BCUT2D eigenvalue weighted by Crippen LogP contribution is -2.27. The van der Waals surface area contributed by atoms with Gasteiger partial charge in [0.05, 0.1) is 0 Å². The highest BCUT2D eigenvalue weighted by atomic mass is 15.2. The predicted molar refractivity (Wildman–Crippen MR) is 53.6 cm³/mol. The minimum Gasteiger partial charge on any atom is -0.371 e. The highest BCUT2D eigenvalue weighted by molar-refractivity contribution is 5.48. The van der Waals surface area contributed by atoms with Crippen LogP contribution in [0.15, 0.2) is 30.3 Å². The minimum atomic E-state index is 0.500. The van der Waals surface area contributed by atoms with E-state index in [0.29, 0.717) is 6.04 Å². The maximum absolute atomic E-state index is 5.89. The molecule has 2 N–H and O–H groups in total. The van der Waals surface area contributed by atoms with Crippen molar-refractivity contribution in [3.05, 3.63) is 30.3 Å². The summed E-state index contributed by atoms with van der Waals surface area (Å²) in [6.45, 7) is 2.33. The normalized spacial score (nSPS) is 36.1. The molecule has 1 aliphatic heterocycles. The summed E-state index contributed by atoms with van der Waals surface area (Å²) in [6, 6.07) is 11.1. The Labute approximate surface area is 78.3 Å². The number of nitrogens with two attached hydrogens (primary N) is 1. The number of benzene rings is 1. The van der Waals surface area contributed by atoms with Crippen molar-refractivity contribution in [3.8, 4) is 0 Å². The van der Waals surface area contributed by atoms with Gasteiger partial charge in [0, 0.05) is 24.8 Å². The molecule has 0 bridgehead atoms. The van der Waals surface area contributed by atoms with Gasteiger partial charge in [0.25, 0.3) is 0 Å². The van der Waals surface area contributed by atoms with Crippen LogP contribution < -0.4 is 10.6 Å². The van der Waals surface area contributed by atoms with Gasteiger partial charge in [-0.15, -0.1) is 0 Å². The van der Waals surface area contributed by atoms with Crippen LogP contribution in [0.1, 0.15) is 0 Å². The van der Waals surface area contributed by atoms with E-state index in [1.54, 1.807) is 0 Å². The smallest absolute Gasteiger partial charge is 0.0366 e. The summed E-state index contributed by atoms with van der Waals surface area (Å²) in [5.41, 5.74) is 7.23. The van der Waals surface area contributed by atoms with Crippen molar-refractivity contribution in [2.45, 2.75) is 6.04 Å². The molecule has 3 rings (SSSR count). The molecule has 1 heterocycles. The second-order valence-corrected chi connectivity index (χ2v) is 4.15. The average molecular weight is 174 g/mol. The van der Waals surface area contributed by atoms with Crippen molar-refractivity contribution < 1.29 is 0 Å². The average Bonchev–Trinajstić information content (AvgIpc) is 2.67. The second-order valence-electron chi connectivity index (χ2n) is 4.15. The Hall–Kier alpha value is -1.02. The van der Waals surface area contributed by atoms with Crippen molar-refractivity contribution in [2.75, 3.05) is 18.0 Å². The summed E-state index contributed by atoms with van der Waals surface area (Å²) < 4.78 is 0. The molecule has 2 atom stereocenters. The van der Waals surface area contributed by atoms with Crippen LogP contribution in [-0.2, 0) is 0 Å². The van der Waals surface area contributed by atoms with Crippen LogP contribution in [0.4, 0.5) is 5.69 Å². The standard InChI is InChI=1S/C11H14N2/c12-11-9-6-13(7-10(9)11)8-4-2-1-3-5-8/h1-5,9-11H,6-7,12H2/t9-,10-/m0/s1. The van der Waals surface area contributed by atoms with E-state index < -0.39 is 0 Å². The van der Waals surface area contributed by atoms with Crippen LogP contribution in [0.2, 0.25) is 0 Å². The fourth-order valence-corrected chi connectivity index (χ4v) is 2.42. The topological polar surface area (TPSA) is 29.3 Å². The van der Waals surface area contributed by atoms with Crippen molar-refractivity contribution in [2.24, 2.45) is 17.6 Å². The van der Waals surface area contributed by atoms with E-state index in [4.69, 9.17) is 5.73 Å². The van der Waals surface area contributed by atoms with Gasteiger partial charge in [-0.05, 0) is 24.0 Å². The number of hydrogen-bond donors (Lipinski definition) is 1. The zero-order valence-electron chi connectivity index (χ0n) is 7.56. The second kappa shape index (κ2) is 2.48. The lowest BCUT2D eigenvalue weighted by Gasteiger charge is -2.20. The Bertz CT molecular complexity index is 297. The molecule has 13 heavy (non-hydrogen) atoms. The summed E-state index contributed by atoms with van der Waals surface area (Å²) >= 11 is 0. The van der Waals surface area contributed by atoms with Gasteiger partial charge in [-0.2, -0.15) is 0 Å². The first-order valence-corrected chi connectivity index (χ1v) is 4.92. The Kier molecular flexibility index (Phi) is 1.41. The number of piperidine rings is 1. The quantitative estimate of drug-likeness (QED) is 0.690. The highest BCUT2D eigenvalue weighted by Gasteiger charge is 2.53. The van der Waals surface area contributed by atoms with Gasteiger partial charge < -0.3 is 10.6 Å². The van der Waals surface area contributed by atoms with Crippen LogP contribution in [-0.4, -0.2) is 19.1 Å². The third-order valence-electron chi connectivity index (χ3n) is 3.38. The Morgan fingerprint density at radius 1 is 1.08 bits per heavy atom. The molecule has 1 saturated carbocycles. The molecular formula is C11H14N2. The lowest BCUT2D eigenvalue weighted by atomic mass is 10.3. The third kappa shape index (κ3) is 1.05. The van der Waals surface area contributed by atoms with Gasteiger partial charge in [0.1, 0.15) is 0 Å². The number of anilines is 1. The molecule has 2 nitrogen and oxygen atoms in total. The first-order chi connectivity index (χ1) is 6.36. The van der Waals surface area contributed by atoms with Gasteiger partial charge in [-0.3, -0.25) is 0 Å². The van der Waals surface area contributed by atoms with Crippen LogP contribution in [0.3, 0.4) is 0 Å². The predicted octanol–water partition coefficient (Wildman–Crippen LogP) is 1.08. The fraction of sp³-hybridized carbons (Fsp3) is 0.455. The van der Waals surface area contributed by atoms with Gasteiger partial charge in [-0.1, -0.05) is 18.2 Å². The summed E-state index contributed by atoms with van der Waals surface area (Å²) in [5.74, 6) is 1.56. The van der Waals surface area contributed by atoms with E-state index in [9.17, 15) is 0 Å². The van der Waals surface area contributed by atoms with Crippen LogP contribution in [0.5, 0.6) is 0 Å². The van der Waals surface area contributed by atoms with Crippen LogP contribution >= 0.6 is 0 Å². The largest absolute Gasteiger partial charge is 0.371 e. The zero-order valence-corrected chi connectivity index (χ0v) is 7.56. The Morgan fingerprint density at radius 2 is 1.69 bits per heavy atom. The first kappa shape index (κ1) is 7.39. The number of fused-ring (bicyclic) bond motifs is 1. The fourth-order valence-electron chi connectivity index (χ4n) is 2.42. The van der Waals surface area contributed by atoms with E-state index >= 15 is 0 Å². The van der Waals surface area contributed by atoms with Crippen LogP contribution in [0, 0.1) is 11.8 Å². The summed E-state index contributed by atoms with van der Waals surface area (Å²) in [6.07, 6.45) is 0. The molecule has 2 fully saturated rings. The third-order valence-corrected chi connectivity index (χ3v) is 3.38. The Morgan fingerprint density at radius 3 is 2.31 bits per heavy atom. The molecule has 0 radical (unpaired) electrons. The highest BCUT2D eigenvalue weighted by Crippen LogP contribution is 2.45. The summed E-state index contributed by atoms with van der Waals surface area (Å²) in [5, 5.41) is 0. The molecule has 0 unspecified atom stereocenters. The van der Waals surface area contributed by atoms with Crippen molar-refractivity contribution in [3.63, 3.8) is 0 Å². The molecule has 2 heteroatoms. The molecule has 0 amide bonds. The SMILES string of the molecule is NC1[C@H]2CN(c3ccccc3)C[C@H]12. The zero-order chi connectivity index (χ0) is 8.84. The van der Waals surface area contributed by atoms with Crippen molar-refractivity contribution in [1.29, 1.82) is 0 Å².